The third-order valence-corrected chi connectivity index (χ3v) is 2.61. The van der Waals surface area contributed by atoms with Gasteiger partial charge in [0.1, 0.15) is 0 Å². The first-order valence-electron chi connectivity index (χ1n) is 5.90. The zero-order valence-corrected chi connectivity index (χ0v) is 10.1. The largest absolute Gasteiger partial charge is 0.416 e. The molecule has 0 N–H and O–H groups in total. The molecule has 0 aliphatic carbocycles. The van der Waals surface area contributed by atoms with Crippen molar-refractivity contribution < 1.29 is 13.2 Å². The number of alkyl halides is 3. The van der Waals surface area contributed by atoms with E-state index in [4.69, 9.17) is 6.58 Å². The number of hydrogen-bond acceptors (Lipinski definition) is 0. The number of rotatable bonds is 6. The van der Waals surface area contributed by atoms with E-state index in [9.17, 15) is 13.2 Å². The lowest BCUT2D eigenvalue weighted by Crippen LogP contribution is -2.04. The fraction of sp³-hybridized carbons (Fsp3) is 0.333. The first-order chi connectivity index (χ1) is 8.54. The maximum absolute atomic E-state index is 12.3. The summed E-state index contributed by atoms with van der Waals surface area (Å²) >= 11 is 0. The third kappa shape index (κ3) is 5.21. The summed E-state index contributed by atoms with van der Waals surface area (Å²) in [6.07, 6.45) is 4.71. The van der Waals surface area contributed by atoms with Crippen LogP contribution < -0.4 is 0 Å². The van der Waals surface area contributed by atoms with E-state index in [-0.39, 0.29) is 0 Å². The van der Waals surface area contributed by atoms with Gasteiger partial charge in [0.2, 0.25) is 0 Å². The highest BCUT2D eigenvalue weighted by molar-refractivity contribution is 5.24. The molecule has 0 fully saturated rings. The monoisotopic (exact) mass is 253 g/mol. The summed E-state index contributed by atoms with van der Waals surface area (Å²) in [5, 5.41) is 0. The van der Waals surface area contributed by atoms with Crippen molar-refractivity contribution in [2.24, 2.45) is 0 Å². The topological polar surface area (TPSA) is 0 Å². The minimum Gasteiger partial charge on any atom is -0.166 e. The van der Waals surface area contributed by atoms with Gasteiger partial charge >= 0.3 is 6.18 Å². The molecule has 0 saturated heterocycles. The minimum atomic E-state index is -4.25. The van der Waals surface area contributed by atoms with Crippen LogP contribution in [0.2, 0.25) is 0 Å². The number of halogens is 3. The Kier molecular flexibility index (Phi) is 5.69. The molecule has 0 atom stereocenters. The van der Waals surface area contributed by atoms with Crippen LogP contribution in [0.15, 0.2) is 42.5 Å². The van der Waals surface area contributed by atoms with E-state index in [1.54, 1.807) is 18.2 Å². The Morgan fingerprint density at radius 1 is 1.06 bits per heavy atom. The van der Waals surface area contributed by atoms with E-state index in [1.807, 2.05) is 6.08 Å². The molecular weight excluding hydrogens is 237 g/mol. The zero-order chi connectivity index (χ0) is 13.4. The van der Waals surface area contributed by atoms with Crippen LogP contribution in [-0.2, 0) is 12.6 Å². The summed E-state index contributed by atoms with van der Waals surface area (Å²) in [7, 11) is 0. The molecule has 1 aromatic rings. The normalized spacial score (nSPS) is 11.9. The van der Waals surface area contributed by atoms with Crippen LogP contribution in [-0.4, -0.2) is 0 Å². The van der Waals surface area contributed by atoms with Crippen LogP contribution in [0.4, 0.5) is 13.2 Å². The van der Waals surface area contributed by atoms with Crippen molar-refractivity contribution in [3.63, 3.8) is 0 Å². The average molecular weight is 253 g/mol. The fourth-order valence-electron chi connectivity index (χ4n) is 1.63. The van der Waals surface area contributed by atoms with Gasteiger partial charge < -0.3 is 0 Å². The van der Waals surface area contributed by atoms with E-state index in [0.717, 1.165) is 43.4 Å². The molecule has 0 aliphatic heterocycles. The Morgan fingerprint density at radius 2 is 1.72 bits per heavy atom. The molecule has 1 radical (unpaired) electrons. The quantitative estimate of drug-likeness (QED) is 0.496. The molecule has 1 aromatic carbocycles. The summed E-state index contributed by atoms with van der Waals surface area (Å²) < 4.78 is 37.0. The van der Waals surface area contributed by atoms with Gasteiger partial charge in [-0.2, -0.15) is 13.2 Å². The van der Waals surface area contributed by atoms with E-state index in [0.29, 0.717) is 0 Å². The minimum absolute atomic E-state index is 0.590. The number of unbranched alkanes of at least 4 members (excludes halogenated alkanes) is 2. The second-order valence-electron chi connectivity index (χ2n) is 4.06. The molecule has 0 bridgehead atoms. The second kappa shape index (κ2) is 7.04. The summed E-state index contributed by atoms with van der Waals surface area (Å²) in [4.78, 5) is 0. The predicted octanol–water partition coefficient (Wildman–Crippen LogP) is 4.96. The molecular formula is C15H16F3. The number of aryl methyl sites for hydroxylation is 1. The second-order valence-corrected chi connectivity index (χ2v) is 4.06. The molecule has 0 aromatic heterocycles. The Labute approximate surface area is 106 Å². The lowest BCUT2D eigenvalue weighted by molar-refractivity contribution is -0.137. The maximum atomic E-state index is 12.3. The molecule has 18 heavy (non-hydrogen) atoms. The van der Waals surface area contributed by atoms with Crippen LogP contribution in [0.25, 0.3) is 0 Å². The molecule has 0 aliphatic rings. The Bertz CT molecular complexity index is 385. The van der Waals surface area contributed by atoms with Crippen LogP contribution in [0.5, 0.6) is 0 Å². The van der Waals surface area contributed by atoms with Gasteiger partial charge in [0.25, 0.3) is 0 Å². The van der Waals surface area contributed by atoms with Gasteiger partial charge in [-0.1, -0.05) is 36.9 Å². The van der Waals surface area contributed by atoms with Crippen molar-refractivity contribution >= 4 is 0 Å². The maximum Gasteiger partial charge on any atom is 0.416 e. The van der Waals surface area contributed by atoms with Gasteiger partial charge in [0.05, 0.1) is 5.56 Å². The molecule has 3 heteroatoms. The SMILES string of the molecule is [CH]=CC=CCCCCc1ccc(C(F)(F)F)cc1. The summed E-state index contributed by atoms with van der Waals surface area (Å²) in [5.41, 5.74) is 0.352. The lowest BCUT2D eigenvalue weighted by atomic mass is 10.0. The van der Waals surface area contributed by atoms with Gasteiger partial charge in [-0.05, 0) is 43.4 Å². The first kappa shape index (κ1) is 14.6. The molecule has 0 nitrogen and oxygen atoms in total. The summed E-state index contributed by atoms with van der Waals surface area (Å²) in [6.45, 7) is 5.18. The van der Waals surface area contributed by atoms with Gasteiger partial charge in [0, 0.05) is 0 Å². The van der Waals surface area contributed by atoms with Crippen LogP contribution in [0.1, 0.15) is 30.4 Å². The Hall–Kier alpha value is -1.51. The van der Waals surface area contributed by atoms with E-state index in [2.05, 4.69) is 0 Å². The Balaban J connectivity index is 2.36. The van der Waals surface area contributed by atoms with Crippen molar-refractivity contribution in [1.82, 2.24) is 0 Å². The van der Waals surface area contributed by atoms with Crippen molar-refractivity contribution in [3.8, 4) is 0 Å². The molecule has 1 rings (SSSR count). The van der Waals surface area contributed by atoms with Crippen molar-refractivity contribution in [2.75, 3.05) is 0 Å². The van der Waals surface area contributed by atoms with E-state index >= 15 is 0 Å². The lowest BCUT2D eigenvalue weighted by Gasteiger charge is -2.07. The van der Waals surface area contributed by atoms with Crippen LogP contribution >= 0.6 is 0 Å². The summed E-state index contributed by atoms with van der Waals surface area (Å²) in [5.74, 6) is 0. The third-order valence-electron chi connectivity index (χ3n) is 2.61. The molecule has 0 spiro atoms. The van der Waals surface area contributed by atoms with Crippen molar-refractivity contribution in [1.29, 1.82) is 0 Å². The molecule has 0 unspecified atom stereocenters. The average Bonchev–Trinajstić information content (AvgIpc) is 2.33. The number of allylic oxidation sites excluding steroid dienone is 3. The van der Waals surface area contributed by atoms with Gasteiger partial charge in [-0.25, -0.2) is 0 Å². The molecule has 0 heterocycles. The van der Waals surface area contributed by atoms with Crippen LogP contribution in [0.3, 0.4) is 0 Å². The highest BCUT2D eigenvalue weighted by atomic mass is 19.4. The van der Waals surface area contributed by atoms with E-state index in [1.165, 1.54) is 6.08 Å². The highest BCUT2D eigenvalue weighted by Crippen LogP contribution is 2.29. The molecule has 0 saturated carbocycles. The highest BCUT2D eigenvalue weighted by Gasteiger charge is 2.29. The van der Waals surface area contributed by atoms with Gasteiger partial charge in [0.15, 0.2) is 0 Å². The Morgan fingerprint density at radius 3 is 2.28 bits per heavy atom. The van der Waals surface area contributed by atoms with Crippen molar-refractivity contribution in [3.05, 3.63) is 60.2 Å². The number of benzene rings is 1. The number of hydrogen-bond donors (Lipinski definition) is 0. The smallest absolute Gasteiger partial charge is 0.166 e. The molecule has 97 valence electrons. The first-order valence-corrected chi connectivity index (χ1v) is 5.90. The molecule has 0 amide bonds. The summed E-state index contributed by atoms with van der Waals surface area (Å²) in [6, 6.07) is 5.37. The standard InChI is InChI=1S/C15H16F3/c1-2-3-4-5-6-7-8-13-9-11-14(12-10-13)15(16,17)18/h1-4,9-12H,5-8H2. The predicted molar refractivity (Wildman–Crippen MR) is 67.0 cm³/mol. The van der Waals surface area contributed by atoms with Gasteiger partial charge in [-0.3, -0.25) is 0 Å². The van der Waals surface area contributed by atoms with E-state index < -0.39 is 11.7 Å². The van der Waals surface area contributed by atoms with Gasteiger partial charge in [-0.15, -0.1) is 0 Å². The zero-order valence-electron chi connectivity index (χ0n) is 10.1. The van der Waals surface area contributed by atoms with Crippen LogP contribution in [0, 0.1) is 6.58 Å². The van der Waals surface area contributed by atoms with Crippen molar-refractivity contribution in [2.45, 2.75) is 31.9 Å². The fourth-order valence-corrected chi connectivity index (χ4v) is 1.63.